The van der Waals surface area contributed by atoms with E-state index in [1.807, 2.05) is 48.7 Å². The van der Waals surface area contributed by atoms with E-state index in [1.165, 1.54) is 0 Å². The van der Waals surface area contributed by atoms with Gasteiger partial charge in [0.1, 0.15) is 5.82 Å². The Labute approximate surface area is 177 Å². The van der Waals surface area contributed by atoms with E-state index in [0.717, 1.165) is 48.8 Å². The van der Waals surface area contributed by atoms with Crippen LogP contribution in [0, 0.1) is 0 Å². The third-order valence-electron chi connectivity index (χ3n) is 5.43. The quantitative estimate of drug-likeness (QED) is 0.655. The molecule has 0 radical (unpaired) electrons. The summed E-state index contributed by atoms with van der Waals surface area (Å²) >= 11 is 0. The Morgan fingerprint density at radius 1 is 0.967 bits per heavy atom. The van der Waals surface area contributed by atoms with E-state index in [1.54, 1.807) is 0 Å². The monoisotopic (exact) mass is 401 g/mol. The van der Waals surface area contributed by atoms with Crippen LogP contribution in [0.25, 0.3) is 0 Å². The predicted molar refractivity (Wildman–Crippen MR) is 118 cm³/mol. The van der Waals surface area contributed by atoms with Gasteiger partial charge in [0.25, 0.3) is 0 Å². The fourth-order valence-electron chi connectivity index (χ4n) is 3.79. The summed E-state index contributed by atoms with van der Waals surface area (Å²) in [5, 5.41) is 3.09. The Bertz CT molecular complexity index is 901. The minimum Gasteiger partial charge on any atom is -0.378 e. The number of ether oxygens (including phenoxy) is 1. The fourth-order valence-corrected chi connectivity index (χ4v) is 3.79. The summed E-state index contributed by atoms with van der Waals surface area (Å²) in [7, 11) is 0. The van der Waals surface area contributed by atoms with Crippen LogP contribution in [-0.4, -0.2) is 37.2 Å². The maximum atomic E-state index is 12.8. The van der Waals surface area contributed by atoms with Crippen LogP contribution in [0.4, 0.5) is 5.82 Å². The highest BCUT2D eigenvalue weighted by Crippen LogP contribution is 2.27. The van der Waals surface area contributed by atoms with Crippen molar-refractivity contribution < 1.29 is 9.53 Å². The molecule has 1 amide bonds. The van der Waals surface area contributed by atoms with E-state index >= 15 is 0 Å². The second-order valence-electron chi connectivity index (χ2n) is 7.48. The summed E-state index contributed by atoms with van der Waals surface area (Å²) in [5.41, 5.74) is 3.35. The maximum Gasteiger partial charge on any atom is 0.221 e. The van der Waals surface area contributed by atoms with Crippen LogP contribution < -0.4 is 10.2 Å². The zero-order valence-corrected chi connectivity index (χ0v) is 17.0. The average molecular weight is 402 g/mol. The van der Waals surface area contributed by atoms with Crippen molar-refractivity contribution in [2.24, 2.45) is 0 Å². The van der Waals surface area contributed by atoms with Crippen LogP contribution in [-0.2, 0) is 16.1 Å². The fraction of sp³-hybridized carbons (Fsp3) is 0.280. The van der Waals surface area contributed by atoms with Gasteiger partial charge < -0.3 is 15.0 Å². The number of nitrogens with zero attached hydrogens (tertiary/aromatic N) is 2. The number of hydrogen-bond donors (Lipinski definition) is 1. The molecule has 30 heavy (non-hydrogen) atoms. The first-order valence-electron chi connectivity index (χ1n) is 10.4. The van der Waals surface area contributed by atoms with Gasteiger partial charge in [0.2, 0.25) is 5.91 Å². The van der Waals surface area contributed by atoms with Gasteiger partial charge in [0, 0.05) is 38.2 Å². The molecule has 0 saturated carbocycles. The highest BCUT2D eigenvalue weighted by molar-refractivity contribution is 5.77. The van der Waals surface area contributed by atoms with Gasteiger partial charge >= 0.3 is 0 Å². The molecule has 3 aromatic rings. The number of anilines is 1. The lowest BCUT2D eigenvalue weighted by Gasteiger charge is -2.28. The molecule has 2 aromatic carbocycles. The summed E-state index contributed by atoms with van der Waals surface area (Å²) in [4.78, 5) is 19.5. The SMILES string of the molecule is O=C(CC(c1ccccc1)c1ccccc1)NCc1ccnc(N2CCOCC2)c1. The Morgan fingerprint density at radius 3 is 2.23 bits per heavy atom. The molecule has 1 aromatic heterocycles. The third kappa shape index (κ3) is 5.24. The van der Waals surface area contributed by atoms with E-state index in [9.17, 15) is 4.79 Å². The van der Waals surface area contributed by atoms with Crippen LogP contribution in [0.15, 0.2) is 79.0 Å². The minimum atomic E-state index is 0.0359. The first kappa shape index (κ1) is 20.1. The number of morpholine rings is 1. The van der Waals surface area contributed by atoms with Gasteiger partial charge in [-0.2, -0.15) is 0 Å². The standard InChI is InChI=1S/C25H27N3O2/c29-25(18-23(21-7-3-1-4-8-21)22-9-5-2-6-10-22)27-19-20-11-12-26-24(17-20)28-13-15-30-16-14-28/h1-12,17,23H,13-16,18-19H2,(H,27,29). The van der Waals surface area contributed by atoms with Crippen LogP contribution in [0.2, 0.25) is 0 Å². The molecular formula is C25H27N3O2. The predicted octanol–water partition coefficient (Wildman–Crippen LogP) is 3.76. The molecule has 1 N–H and O–H groups in total. The lowest BCUT2D eigenvalue weighted by atomic mass is 9.88. The van der Waals surface area contributed by atoms with Crippen molar-refractivity contribution in [3.63, 3.8) is 0 Å². The largest absolute Gasteiger partial charge is 0.378 e. The smallest absolute Gasteiger partial charge is 0.221 e. The molecule has 0 spiro atoms. The summed E-state index contributed by atoms with van der Waals surface area (Å²) in [6.45, 7) is 3.64. The number of hydrogen-bond acceptors (Lipinski definition) is 4. The molecular weight excluding hydrogens is 374 g/mol. The zero-order valence-electron chi connectivity index (χ0n) is 17.0. The molecule has 1 aliphatic heterocycles. The molecule has 2 heterocycles. The molecule has 1 saturated heterocycles. The van der Waals surface area contributed by atoms with E-state index < -0.39 is 0 Å². The van der Waals surface area contributed by atoms with Gasteiger partial charge in [0.15, 0.2) is 0 Å². The summed E-state index contributed by atoms with van der Waals surface area (Å²) < 4.78 is 5.41. The number of nitrogens with one attached hydrogen (secondary N) is 1. The number of aromatic nitrogens is 1. The van der Waals surface area contributed by atoms with Gasteiger partial charge in [-0.25, -0.2) is 4.98 Å². The lowest BCUT2D eigenvalue weighted by Crippen LogP contribution is -2.36. The molecule has 154 valence electrons. The van der Waals surface area contributed by atoms with E-state index in [0.29, 0.717) is 13.0 Å². The van der Waals surface area contributed by atoms with Crippen LogP contribution in [0.5, 0.6) is 0 Å². The van der Waals surface area contributed by atoms with Crippen LogP contribution in [0.1, 0.15) is 29.0 Å². The second-order valence-corrected chi connectivity index (χ2v) is 7.48. The molecule has 0 bridgehead atoms. The van der Waals surface area contributed by atoms with Crippen molar-refractivity contribution in [2.75, 3.05) is 31.2 Å². The van der Waals surface area contributed by atoms with Gasteiger partial charge in [-0.1, -0.05) is 60.7 Å². The summed E-state index contributed by atoms with van der Waals surface area (Å²) in [6, 6.07) is 24.4. The second kappa shape index (κ2) is 10.0. The van der Waals surface area contributed by atoms with Crippen molar-refractivity contribution in [1.29, 1.82) is 0 Å². The average Bonchev–Trinajstić information content (AvgIpc) is 2.83. The molecule has 1 aliphatic rings. The van der Waals surface area contributed by atoms with E-state index in [2.05, 4.69) is 45.5 Å². The summed E-state index contributed by atoms with van der Waals surface area (Å²) in [5.74, 6) is 1.02. The Hall–Kier alpha value is -3.18. The third-order valence-corrected chi connectivity index (χ3v) is 5.43. The van der Waals surface area contributed by atoms with Gasteiger partial charge in [-0.05, 0) is 28.8 Å². The minimum absolute atomic E-state index is 0.0359. The van der Waals surface area contributed by atoms with Crippen LogP contribution >= 0.6 is 0 Å². The number of carbonyl (C=O) groups is 1. The molecule has 5 heteroatoms. The van der Waals surface area contributed by atoms with Gasteiger partial charge in [0.05, 0.1) is 13.2 Å². The van der Waals surface area contributed by atoms with Gasteiger partial charge in [-0.3, -0.25) is 4.79 Å². The molecule has 4 rings (SSSR count). The normalized spacial score (nSPS) is 14.0. The van der Waals surface area contributed by atoms with Gasteiger partial charge in [-0.15, -0.1) is 0 Å². The Balaban J connectivity index is 1.41. The van der Waals surface area contributed by atoms with Crippen molar-refractivity contribution in [3.05, 3.63) is 95.7 Å². The summed E-state index contributed by atoms with van der Waals surface area (Å²) in [6.07, 6.45) is 2.22. The number of pyridine rings is 1. The molecule has 5 nitrogen and oxygen atoms in total. The van der Waals surface area contributed by atoms with Crippen LogP contribution in [0.3, 0.4) is 0 Å². The molecule has 0 atom stereocenters. The number of carbonyl (C=O) groups excluding carboxylic acids is 1. The van der Waals surface area contributed by atoms with Crippen molar-refractivity contribution in [2.45, 2.75) is 18.9 Å². The Morgan fingerprint density at radius 2 is 1.60 bits per heavy atom. The molecule has 1 fully saturated rings. The number of benzene rings is 2. The Kier molecular flexibility index (Phi) is 6.72. The first-order chi connectivity index (χ1) is 14.8. The van der Waals surface area contributed by atoms with Crippen molar-refractivity contribution >= 4 is 11.7 Å². The first-order valence-corrected chi connectivity index (χ1v) is 10.4. The van der Waals surface area contributed by atoms with Crippen molar-refractivity contribution in [3.8, 4) is 0 Å². The molecule has 0 unspecified atom stereocenters. The topological polar surface area (TPSA) is 54.5 Å². The number of amides is 1. The highest BCUT2D eigenvalue weighted by Gasteiger charge is 2.18. The van der Waals surface area contributed by atoms with E-state index in [-0.39, 0.29) is 11.8 Å². The number of rotatable bonds is 7. The zero-order chi connectivity index (χ0) is 20.6. The maximum absolute atomic E-state index is 12.8. The lowest BCUT2D eigenvalue weighted by molar-refractivity contribution is -0.121. The van der Waals surface area contributed by atoms with E-state index in [4.69, 9.17) is 4.74 Å². The van der Waals surface area contributed by atoms with Crippen molar-refractivity contribution in [1.82, 2.24) is 10.3 Å². The highest BCUT2D eigenvalue weighted by atomic mass is 16.5. The molecule has 0 aliphatic carbocycles.